The van der Waals surface area contributed by atoms with Gasteiger partial charge in [-0.25, -0.2) is 9.97 Å². The summed E-state index contributed by atoms with van der Waals surface area (Å²) in [7, 11) is 0. The van der Waals surface area contributed by atoms with E-state index in [1.807, 2.05) is 53.9 Å². The van der Waals surface area contributed by atoms with E-state index in [2.05, 4.69) is 15.3 Å². The minimum atomic E-state index is -0.0659. The molecule has 0 saturated heterocycles. The van der Waals surface area contributed by atoms with Gasteiger partial charge in [-0.2, -0.15) is 0 Å². The zero-order valence-electron chi connectivity index (χ0n) is 16.9. The number of hydrogen-bond donors (Lipinski definition) is 1. The fourth-order valence-corrected chi connectivity index (χ4v) is 6.01. The van der Waals surface area contributed by atoms with Gasteiger partial charge in [0.05, 0.1) is 15.9 Å². The van der Waals surface area contributed by atoms with Crippen molar-refractivity contribution in [1.82, 2.24) is 14.4 Å². The Morgan fingerprint density at radius 2 is 1.97 bits per heavy atom. The molecule has 6 nitrogen and oxygen atoms in total. The number of benzene rings is 2. The Kier molecular flexibility index (Phi) is 6.02. The van der Waals surface area contributed by atoms with E-state index in [-0.39, 0.29) is 11.5 Å². The summed E-state index contributed by atoms with van der Waals surface area (Å²) in [4.78, 5) is 34.4. The van der Waals surface area contributed by atoms with Crippen molar-refractivity contribution in [2.75, 3.05) is 5.32 Å². The molecule has 0 aliphatic heterocycles. The van der Waals surface area contributed by atoms with E-state index in [4.69, 9.17) is 0 Å². The molecule has 0 radical (unpaired) electrons. The minimum absolute atomic E-state index is 0.00588. The molecule has 0 bridgehead atoms. The summed E-state index contributed by atoms with van der Waals surface area (Å²) < 4.78 is 3.46. The van der Waals surface area contributed by atoms with Crippen LogP contribution in [-0.4, -0.2) is 20.3 Å². The van der Waals surface area contributed by atoms with E-state index in [1.165, 1.54) is 11.3 Å². The zero-order valence-corrected chi connectivity index (χ0v) is 19.3. The van der Waals surface area contributed by atoms with Crippen LogP contribution in [0.4, 0.5) is 5.69 Å². The highest BCUT2D eigenvalue weighted by atomic mass is 32.2. The van der Waals surface area contributed by atoms with E-state index in [1.54, 1.807) is 39.8 Å². The number of rotatable bonds is 7. The van der Waals surface area contributed by atoms with Crippen LogP contribution < -0.4 is 10.9 Å². The normalized spacial score (nSPS) is 11.2. The standard InChI is InChI=1S/C23H18N4O2S3/c28-20(9-6-15-4-2-1-3-5-15)24-16-7-8-18-19(12-16)32-23(26-18)31-14-17-13-21(29)27-10-11-30-22(27)25-17/h1-5,7-8,10-13H,6,9,14H2,(H,24,28). The van der Waals surface area contributed by atoms with Crippen molar-refractivity contribution in [3.05, 3.63) is 87.8 Å². The van der Waals surface area contributed by atoms with E-state index >= 15 is 0 Å². The van der Waals surface area contributed by atoms with Crippen LogP contribution in [0.25, 0.3) is 15.2 Å². The molecule has 2 aromatic carbocycles. The van der Waals surface area contributed by atoms with Crippen LogP contribution in [0, 0.1) is 0 Å². The number of amides is 1. The van der Waals surface area contributed by atoms with Gasteiger partial charge in [0, 0.05) is 35.5 Å². The number of aryl methyl sites for hydroxylation is 1. The molecule has 160 valence electrons. The molecule has 3 aromatic heterocycles. The fraction of sp³-hybridized carbons (Fsp3) is 0.130. The average Bonchev–Trinajstić information content (AvgIpc) is 3.43. The number of aromatic nitrogens is 3. The van der Waals surface area contributed by atoms with E-state index in [9.17, 15) is 9.59 Å². The molecule has 3 heterocycles. The summed E-state index contributed by atoms with van der Waals surface area (Å²) in [6, 6.07) is 17.3. The molecule has 32 heavy (non-hydrogen) atoms. The Morgan fingerprint density at radius 1 is 1.09 bits per heavy atom. The van der Waals surface area contributed by atoms with E-state index < -0.39 is 0 Å². The van der Waals surface area contributed by atoms with Gasteiger partial charge in [0.2, 0.25) is 5.91 Å². The zero-order chi connectivity index (χ0) is 21.9. The second kappa shape index (κ2) is 9.23. The van der Waals surface area contributed by atoms with Crippen LogP contribution in [-0.2, 0) is 17.0 Å². The third-order valence-electron chi connectivity index (χ3n) is 4.84. The number of hydrogen-bond acceptors (Lipinski definition) is 7. The molecule has 0 atom stereocenters. The Hall–Kier alpha value is -3.01. The van der Waals surface area contributed by atoms with Crippen LogP contribution in [0.1, 0.15) is 17.7 Å². The number of nitrogens with one attached hydrogen (secondary N) is 1. The first-order chi connectivity index (χ1) is 15.6. The Bertz CT molecular complexity index is 1460. The summed E-state index contributed by atoms with van der Waals surface area (Å²) in [6.07, 6.45) is 2.89. The summed E-state index contributed by atoms with van der Waals surface area (Å²) in [5.74, 6) is 0.570. The molecule has 9 heteroatoms. The van der Waals surface area contributed by atoms with Crippen LogP contribution >= 0.6 is 34.4 Å². The Labute approximate surface area is 196 Å². The first-order valence-electron chi connectivity index (χ1n) is 9.97. The quantitative estimate of drug-likeness (QED) is 0.324. The molecule has 0 aliphatic carbocycles. The van der Waals surface area contributed by atoms with Gasteiger partial charge >= 0.3 is 0 Å². The van der Waals surface area contributed by atoms with Crippen LogP contribution in [0.5, 0.6) is 0 Å². The number of thiazole rings is 2. The summed E-state index contributed by atoms with van der Waals surface area (Å²) >= 11 is 4.57. The van der Waals surface area contributed by atoms with Gasteiger partial charge in [-0.15, -0.1) is 22.7 Å². The highest BCUT2D eigenvalue weighted by Gasteiger charge is 2.10. The molecule has 5 aromatic rings. The van der Waals surface area contributed by atoms with Gasteiger partial charge in [-0.1, -0.05) is 42.1 Å². The number of carbonyl (C=O) groups is 1. The number of anilines is 1. The van der Waals surface area contributed by atoms with Gasteiger partial charge in [-0.3, -0.25) is 14.0 Å². The maximum absolute atomic E-state index is 12.3. The van der Waals surface area contributed by atoms with Crippen molar-refractivity contribution in [2.45, 2.75) is 22.9 Å². The number of fused-ring (bicyclic) bond motifs is 2. The lowest BCUT2D eigenvalue weighted by Crippen LogP contribution is -2.12. The van der Waals surface area contributed by atoms with Crippen molar-refractivity contribution in [1.29, 1.82) is 0 Å². The first-order valence-corrected chi connectivity index (χ1v) is 12.7. The SMILES string of the molecule is O=C(CCc1ccccc1)Nc1ccc2nc(SCc3cc(=O)n4ccsc4n3)sc2c1. The highest BCUT2D eigenvalue weighted by Crippen LogP contribution is 2.32. The predicted octanol–water partition coefficient (Wildman–Crippen LogP) is 5.23. The Balaban J connectivity index is 1.23. The fourth-order valence-electron chi connectivity index (χ4n) is 3.27. The minimum Gasteiger partial charge on any atom is -0.326 e. The van der Waals surface area contributed by atoms with Crippen molar-refractivity contribution < 1.29 is 4.79 Å². The van der Waals surface area contributed by atoms with Crippen molar-refractivity contribution in [3.63, 3.8) is 0 Å². The number of carbonyl (C=O) groups excluding carboxylic acids is 1. The van der Waals surface area contributed by atoms with Gasteiger partial charge < -0.3 is 5.32 Å². The summed E-state index contributed by atoms with van der Waals surface area (Å²) in [5.41, 5.74) is 3.49. The largest absolute Gasteiger partial charge is 0.326 e. The first kappa shape index (κ1) is 20.9. The van der Waals surface area contributed by atoms with Gasteiger partial charge in [0.15, 0.2) is 9.30 Å². The molecule has 1 amide bonds. The molecule has 0 spiro atoms. The maximum atomic E-state index is 12.3. The number of thioether (sulfide) groups is 1. The second-order valence-corrected chi connectivity index (χ2v) is 10.3. The third kappa shape index (κ3) is 4.74. The number of nitrogens with zero attached hydrogens (tertiary/aromatic N) is 3. The van der Waals surface area contributed by atoms with Crippen LogP contribution in [0.15, 0.2) is 75.3 Å². The molecule has 0 saturated carbocycles. The van der Waals surface area contributed by atoms with E-state index in [0.29, 0.717) is 23.6 Å². The van der Waals surface area contributed by atoms with E-state index in [0.717, 1.165) is 31.5 Å². The molecular weight excluding hydrogens is 460 g/mol. The lowest BCUT2D eigenvalue weighted by Gasteiger charge is -2.05. The molecule has 0 fully saturated rings. The lowest BCUT2D eigenvalue weighted by atomic mass is 10.1. The van der Waals surface area contributed by atoms with Crippen molar-refractivity contribution in [3.8, 4) is 0 Å². The van der Waals surface area contributed by atoms with Crippen LogP contribution in [0.3, 0.4) is 0 Å². The van der Waals surface area contributed by atoms with Crippen molar-refractivity contribution in [2.24, 2.45) is 0 Å². The highest BCUT2D eigenvalue weighted by molar-refractivity contribution is 8.00. The third-order valence-corrected chi connectivity index (χ3v) is 7.79. The summed E-state index contributed by atoms with van der Waals surface area (Å²) in [6.45, 7) is 0. The molecule has 0 unspecified atom stereocenters. The van der Waals surface area contributed by atoms with Crippen molar-refractivity contribution >= 4 is 61.2 Å². The smallest absolute Gasteiger partial charge is 0.258 e. The molecule has 1 N–H and O–H groups in total. The van der Waals surface area contributed by atoms with Gasteiger partial charge in [-0.05, 0) is 30.2 Å². The topological polar surface area (TPSA) is 76.4 Å². The summed E-state index contributed by atoms with van der Waals surface area (Å²) in [5, 5.41) is 4.83. The maximum Gasteiger partial charge on any atom is 0.258 e. The second-order valence-electron chi connectivity index (χ2n) is 7.13. The average molecular weight is 479 g/mol. The molecular formula is C23H18N4O2S3. The molecule has 0 aliphatic rings. The molecule has 5 rings (SSSR count). The lowest BCUT2D eigenvalue weighted by molar-refractivity contribution is -0.116. The predicted molar refractivity (Wildman–Crippen MR) is 132 cm³/mol. The van der Waals surface area contributed by atoms with Crippen LogP contribution in [0.2, 0.25) is 0 Å². The monoisotopic (exact) mass is 478 g/mol. The Morgan fingerprint density at radius 3 is 2.84 bits per heavy atom. The van der Waals surface area contributed by atoms with Gasteiger partial charge in [0.25, 0.3) is 5.56 Å². The van der Waals surface area contributed by atoms with Gasteiger partial charge in [0.1, 0.15) is 0 Å².